The van der Waals surface area contributed by atoms with Crippen LogP contribution < -0.4 is 9.47 Å². The Hall–Kier alpha value is -3.08. The number of ether oxygens (including phenoxy) is 3. The summed E-state index contributed by atoms with van der Waals surface area (Å²) >= 11 is 0. The summed E-state index contributed by atoms with van der Waals surface area (Å²) < 4.78 is 15.8. The molecule has 5 nitrogen and oxygen atoms in total. The highest BCUT2D eigenvalue weighted by atomic mass is 16.6. The first kappa shape index (κ1) is 17.7. The van der Waals surface area contributed by atoms with Crippen LogP contribution in [0.4, 0.5) is 0 Å². The van der Waals surface area contributed by atoms with Crippen LogP contribution in [0.1, 0.15) is 23.6 Å². The molecule has 0 saturated heterocycles. The molecule has 26 heavy (non-hydrogen) atoms. The lowest BCUT2D eigenvalue weighted by Crippen LogP contribution is -2.06. The second kappa shape index (κ2) is 7.87. The molecule has 0 saturated carbocycles. The number of carbonyl (C=O) groups excluding carboxylic acids is 1. The largest absolute Gasteiger partial charge is 0.497 e. The zero-order valence-corrected chi connectivity index (χ0v) is 15.1. The fraction of sp³-hybridized carbons (Fsp3) is 0.238. The summed E-state index contributed by atoms with van der Waals surface area (Å²) in [6, 6.07) is 13.5. The van der Waals surface area contributed by atoms with Crippen molar-refractivity contribution in [3.8, 4) is 11.5 Å². The lowest BCUT2D eigenvalue weighted by atomic mass is 10.1. The number of carbonyl (C=O) groups is 1. The predicted molar refractivity (Wildman–Crippen MR) is 101 cm³/mol. The van der Waals surface area contributed by atoms with Crippen molar-refractivity contribution in [1.29, 1.82) is 0 Å². The first-order valence-corrected chi connectivity index (χ1v) is 8.44. The van der Waals surface area contributed by atoms with Crippen molar-refractivity contribution < 1.29 is 19.0 Å². The SMILES string of the molecule is CCc1ccc(OC)c(/C=C2/N=C(Cc3ccc(OC)cc3)OC2=O)c1. The Morgan fingerprint density at radius 2 is 1.77 bits per heavy atom. The van der Waals surface area contributed by atoms with Gasteiger partial charge in [-0.15, -0.1) is 0 Å². The number of hydrogen-bond donors (Lipinski definition) is 0. The van der Waals surface area contributed by atoms with Gasteiger partial charge in [0.1, 0.15) is 11.5 Å². The van der Waals surface area contributed by atoms with Crippen molar-refractivity contribution in [2.75, 3.05) is 14.2 Å². The maximum Gasteiger partial charge on any atom is 0.363 e. The van der Waals surface area contributed by atoms with E-state index >= 15 is 0 Å². The standard InChI is InChI=1S/C21H21NO4/c1-4-14-7-10-19(25-3)16(11-14)13-18-21(23)26-20(22-18)12-15-5-8-17(24-2)9-6-15/h5-11,13H,4,12H2,1-3H3/b18-13+. The van der Waals surface area contributed by atoms with Crippen LogP contribution in [-0.4, -0.2) is 26.1 Å². The van der Waals surface area contributed by atoms with Gasteiger partial charge in [-0.05, 0) is 47.9 Å². The summed E-state index contributed by atoms with van der Waals surface area (Å²) in [6.07, 6.45) is 3.05. The van der Waals surface area contributed by atoms with E-state index in [1.54, 1.807) is 20.3 Å². The zero-order chi connectivity index (χ0) is 18.5. The molecule has 0 aromatic heterocycles. The minimum Gasteiger partial charge on any atom is -0.497 e. The molecule has 3 rings (SSSR count). The van der Waals surface area contributed by atoms with Crippen LogP contribution in [0.5, 0.6) is 11.5 Å². The molecule has 0 N–H and O–H groups in total. The van der Waals surface area contributed by atoms with Crippen molar-refractivity contribution in [3.63, 3.8) is 0 Å². The summed E-state index contributed by atoms with van der Waals surface area (Å²) in [5.41, 5.74) is 3.24. The normalized spacial score (nSPS) is 15.0. The average molecular weight is 351 g/mol. The monoisotopic (exact) mass is 351 g/mol. The van der Waals surface area contributed by atoms with Crippen molar-refractivity contribution in [2.24, 2.45) is 4.99 Å². The van der Waals surface area contributed by atoms with Crippen LogP contribution in [0.15, 0.2) is 53.2 Å². The summed E-state index contributed by atoms with van der Waals surface area (Å²) in [5.74, 6) is 1.42. The number of benzene rings is 2. The van der Waals surface area contributed by atoms with Gasteiger partial charge in [0, 0.05) is 12.0 Å². The minimum atomic E-state index is -0.447. The fourth-order valence-corrected chi connectivity index (χ4v) is 2.71. The Kier molecular flexibility index (Phi) is 5.37. The van der Waals surface area contributed by atoms with Gasteiger partial charge in [-0.3, -0.25) is 0 Å². The van der Waals surface area contributed by atoms with Gasteiger partial charge in [-0.2, -0.15) is 0 Å². The van der Waals surface area contributed by atoms with E-state index in [-0.39, 0.29) is 5.70 Å². The molecule has 2 aromatic rings. The maximum absolute atomic E-state index is 12.2. The molecule has 5 heteroatoms. The van der Waals surface area contributed by atoms with E-state index in [0.717, 1.165) is 28.9 Å². The number of methoxy groups -OCH3 is 2. The van der Waals surface area contributed by atoms with Crippen LogP contribution in [0.3, 0.4) is 0 Å². The van der Waals surface area contributed by atoms with Crippen LogP contribution in [0.25, 0.3) is 6.08 Å². The van der Waals surface area contributed by atoms with Gasteiger partial charge in [0.15, 0.2) is 5.70 Å². The molecule has 0 unspecified atom stereocenters. The molecular weight excluding hydrogens is 330 g/mol. The van der Waals surface area contributed by atoms with Crippen LogP contribution in [0.2, 0.25) is 0 Å². The average Bonchev–Trinajstić information content (AvgIpc) is 3.01. The Morgan fingerprint density at radius 3 is 2.42 bits per heavy atom. The molecule has 1 aliphatic heterocycles. The van der Waals surface area contributed by atoms with Crippen molar-refractivity contribution >= 4 is 17.9 Å². The highest BCUT2D eigenvalue weighted by molar-refractivity contribution is 6.07. The van der Waals surface area contributed by atoms with E-state index in [1.165, 1.54) is 0 Å². The Morgan fingerprint density at radius 1 is 1.04 bits per heavy atom. The van der Waals surface area contributed by atoms with Gasteiger partial charge in [0.05, 0.1) is 14.2 Å². The van der Waals surface area contributed by atoms with E-state index in [9.17, 15) is 4.79 Å². The van der Waals surface area contributed by atoms with E-state index in [2.05, 4.69) is 11.9 Å². The van der Waals surface area contributed by atoms with Gasteiger partial charge in [0.2, 0.25) is 5.90 Å². The molecule has 0 aliphatic carbocycles. The van der Waals surface area contributed by atoms with E-state index in [4.69, 9.17) is 14.2 Å². The van der Waals surface area contributed by atoms with Gasteiger partial charge >= 0.3 is 5.97 Å². The summed E-state index contributed by atoms with van der Waals surface area (Å²) in [4.78, 5) is 16.5. The molecule has 2 aromatic carbocycles. The maximum atomic E-state index is 12.2. The fourth-order valence-electron chi connectivity index (χ4n) is 2.71. The number of nitrogens with zero attached hydrogens (tertiary/aromatic N) is 1. The number of aliphatic imine (C=N–C) groups is 1. The predicted octanol–water partition coefficient (Wildman–Crippen LogP) is 3.81. The molecular formula is C21H21NO4. The first-order chi connectivity index (χ1) is 12.6. The number of hydrogen-bond acceptors (Lipinski definition) is 5. The minimum absolute atomic E-state index is 0.278. The van der Waals surface area contributed by atoms with Gasteiger partial charge in [-0.25, -0.2) is 9.79 Å². The third kappa shape index (κ3) is 3.94. The van der Waals surface area contributed by atoms with E-state index in [1.807, 2.05) is 42.5 Å². The number of cyclic esters (lactones) is 1. The molecule has 0 fully saturated rings. The third-order valence-electron chi connectivity index (χ3n) is 4.17. The van der Waals surface area contributed by atoms with E-state index in [0.29, 0.717) is 18.1 Å². The van der Waals surface area contributed by atoms with Crippen molar-refractivity contribution in [2.45, 2.75) is 19.8 Å². The number of rotatable bonds is 6. The lowest BCUT2D eigenvalue weighted by molar-refractivity contribution is -0.130. The molecule has 0 atom stereocenters. The van der Waals surface area contributed by atoms with Crippen LogP contribution in [-0.2, 0) is 22.4 Å². The van der Waals surface area contributed by atoms with Crippen molar-refractivity contribution in [3.05, 3.63) is 64.9 Å². The summed E-state index contributed by atoms with van der Waals surface area (Å²) in [5, 5.41) is 0. The number of esters is 1. The second-order valence-corrected chi connectivity index (χ2v) is 5.88. The van der Waals surface area contributed by atoms with Gasteiger partial charge in [-0.1, -0.05) is 25.1 Å². The molecule has 0 bridgehead atoms. The molecule has 0 amide bonds. The highest BCUT2D eigenvalue weighted by Crippen LogP contribution is 2.25. The Labute approximate surface area is 152 Å². The highest BCUT2D eigenvalue weighted by Gasteiger charge is 2.23. The Bertz CT molecular complexity index is 866. The smallest absolute Gasteiger partial charge is 0.363 e. The molecule has 1 heterocycles. The summed E-state index contributed by atoms with van der Waals surface area (Å²) in [7, 11) is 3.23. The van der Waals surface area contributed by atoms with Crippen molar-refractivity contribution in [1.82, 2.24) is 0 Å². The lowest BCUT2D eigenvalue weighted by Gasteiger charge is -2.06. The molecule has 134 valence electrons. The zero-order valence-electron chi connectivity index (χ0n) is 15.1. The summed E-state index contributed by atoms with van der Waals surface area (Å²) in [6.45, 7) is 2.08. The van der Waals surface area contributed by atoms with Gasteiger partial charge in [0.25, 0.3) is 0 Å². The molecule has 1 aliphatic rings. The molecule has 0 radical (unpaired) electrons. The third-order valence-corrected chi connectivity index (χ3v) is 4.17. The quantitative estimate of drug-likeness (QED) is 0.587. The molecule has 0 spiro atoms. The Balaban J connectivity index is 1.84. The van der Waals surface area contributed by atoms with Gasteiger partial charge < -0.3 is 14.2 Å². The first-order valence-electron chi connectivity index (χ1n) is 8.44. The second-order valence-electron chi connectivity index (χ2n) is 5.88. The topological polar surface area (TPSA) is 57.1 Å². The van der Waals surface area contributed by atoms with E-state index < -0.39 is 5.97 Å². The van der Waals surface area contributed by atoms with Crippen LogP contribution >= 0.6 is 0 Å². The van der Waals surface area contributed by atoms with Crippen LogP contribution in [0, 0.1) is 0 Å². The number of aryl methyl sites for hydroxylation is 1.